The van der Waals surface area contributed by atoms with Crippen LogP contribution >= 0.6 is 23.2 Å². The average Bonchev–Trinajstić information content (AvgIpc) is 2.41. The summed E-state index contributed by atoms with van der Waals surface area (Å²) in [6.45, 7) is 2.21. The largest absolute Gasteiger partial charge is 0.388 e. The Kier molecular flexibility index (Phi) is 4.94. The first-order valence-corrected chi connectivity index (χ1v) is 7.52. The third-order valence-corrected chi connectivity index (χ3v) is 4.92. The highest BCUT2D eigenvalue weighted by molar-refractivity contribution is 6.42. The predicted molar refractivity (Wildman–Crippen MR) is 77.2 cm³/mol. The van der Waals surface area contributed by atoms with Crippen LogP contribution in [0.15, 0.2) is 18.2 Å². The molecule has 0 aromatic heterocycles. The SMILES string of the molecule is CCC1CCCCC1C(O)c1ccc(Cl)c(Cl)c1. The zero-order valence-electron chi connectivity index (χ0n) is 10.7. The van der Waals surface area contributed by atoms with Gasteiger partial charge in [0.25, 0.3) is 0 Å². The van der Waals surface area contributed by atoms with Crippen molar-refractivity contribution in [3.8, 4) is 0 Å². The summed E-state index contributed by atoms with van der Waals surface area (Å²) in [5.74, 6) is 0.990. The summed E-state index contributed by atoms with van der Waals surface area (Å²) in [6.07, 6.45) is 5.59. The number of hydrogen-bond acceptors (Lipinski definition) is 1. The van der Waals surface area contributed by atoms with E-state index < -0.39 is 6.10 Å². The molecule has 1 aromatic rings. The summed E-state index contributed by atoms with van der Waals surface area (Å²) in [5.41, 5.74) is 0.898. The van der Waals surface area contributed by atoms with E-state index in [0.29, 0.717) is 21.9 Å². The maximum atomic E-state index is 10.6. The Morgan fingerprint density at radius 3 is 2.61 bits per heavy atom. The van der Waals surface area contributed by atoms with Gasteiger partial charge in [-0.3, -0.25) is 0 Å². The maximum Gasteiger partial charge on any atom is 0.0821 e. The van der Waals surface area contributed by atoms with Gasteiger partial charge in [-0.15, -0.1) is 0 Å². The Hall–Kier alpha value is -0.240. The monoisotopic (exact) mass is 286 g/mol. The minimum Gasteiger partial charge on any atom is -0.388 e. The second kappa shape index (κ2) is 6.27. The van der Waals surface area contributed by atoms with Crippen LogP contribution in [-0.2, 0) is 0 Å². The standard InChI is InChI=1S/C15H20Cl2O/c1-2-10-5-3-4-6-12(10)15(18)11-7-8-13(16)14(17)9-11/h7-10,12,15,18H,2-6H2,1H3. The van der Waals surface area contributed by atoms with Crippen LogP contribution in [0.25, 0.3) is 0 Å². The van der Waals surface area contributed by atoms with Crippen molar-refractivity contribution in [3.05, 3.63) is 33.8 Å². The van der Waals surface area contributed by atoms with E-state index in [0.717, 1.165) is 18.4 Å². The van der Waals surface area contributed by atoms with Crippen molar-refractivity contribution in [3.63, 3.8) is 0 Å². The fourth-order valence-corrected chi connectivity index (χ4v) is 3.41. The van der Waals surface area contributed by atoms with Gasteiger partial charge in [0.15, 0.2) is 0 Å². The van der Waals surface area contributed by atoms with E-state index in [1.807, 2.05) is 6.07 Å². The topological polar surface area (TPSA) is 20.2 Å². The van der Waals surface area contributed by atoms with Crippen LogP contribution in [0.4, 0.5) is 0 Å². The molecule has 1 saturated carbocycles. The van der Waals surface area contributed by atoms with Crippen LogP contribution < -0.4 is 0 Å². The van der Waals surface area contributed by atoms with Crippen LogP contribution in [0.1, 0.15) is 50.7 Å². The van der Waals surface area contributed by atoms with Crippen LogP contribution in [0, 0.1) is 11.8 Å². The van der Waals surface area contributed by atoms with Gasteiger partial charge in [0.2, 0.25) is 0 Å². The van der Waals surface area contributed by atoms with Crippen molar-refractivity contribution in [1.82, 2.24) is 0 Å². The summed E-state index contributed by atoms with van der Waals surface area (Å²) in [5, 5.41) is 11.6. The Morgan fingerprint density at radius 1 is 1.22 bits per heavy atom. The first-order valence-electron chi connectivity index (χ1n) is 6.76. The van der Waals surface area contributed by atoms with E-state index >= 15 is 0 Å². The van der Waals surface area contributed by atoms with Crippen molar-refractivity contribution >= 4 is 23.2 Å². The molecule has 0 heterocycles. The number of rotatable bonds is 3. The third kappa shape index (κ3) is 3.01. The lowest BCUT2D eigenvalue weighted by atomic mass is 9.73. The van der Waals surface area contributed by atoms with Gasteiger partial charge in [0.05, 0.1) is 16.1 Å². The van der Waals surface area contributed by atoms with Gasteiger partial charge in [-0.1, -0.05) is 61.9 Å². The van der Waals surface area contributed by atoms with Gasteiger partial charge in [0, 0.05) is 0 Å². The van der Waals surface area contributed by atoms with Gasteiger partial charge >= 0.3 is 0 Å². The number of aliphatic hydroxyl groups excluding tert-OH is 1. The van der Waals surface area contributed by atoms with Crippen molar-refractivity contribution in [2.24, 2.45) is 11.8 Å². The van der Waals surface area contributed by atoms with Crippen molar-refractivity contribution in [1.29, 1.82) is 0 Å². The van der Waals surface area contributed by atoms with Crippen LogP contribution in [0.2, 0.25) is 10.0 Å². The molecule has 18 heavy (non-hydrogen) atoms. The molecule has 3 heteroatoms. The Morgan fingerprint density at radius 2 is 1.94 bits per heavy atom. The number of benzene rings is 1. The molecule has 2 rings (SSSR count). The van der Waals surface area contributed by atoms with E-state index in [-0.39, 0.29) is 0 Å². The lowest BCUT2D eigenvalue weighted by Crippen LogP contribution is -2.25. The molecule has 3 atom stereocenters. The zero-order valence-corrected chi connectivity index (χ0v) is 12.2. The highest BCUT2D eigenvalue weighted by atomic mass is 35.5. The third-order valence-electron chi connectivity index (χ3n) is 4.18. The van der Waals surface area contributed by atoms with Gasteiger partial charge in [-0.25, -0.2) is 0 Å². The zero-order chi connectivity index (χ0) is 13.1. The highest BCUT2D eigenvalue weighted by Crippen LogP contribution is 2.41. The molecule has 0 radical (unpaired) electrons. The lowest BCUT2D eigenvalue weighted by Gasteiger charge is -2.34. The van der Waals surface area contributed by atoms with Gasteiger partial charge in [-0.2, -0.15) is 0 Å². The second-order valence-electron chi connectivity index (χ2n) is 5.24. The van der Waals surface area contributed by atoms with Gasteiger partial charge in [-0.05, 0) is 36.0 Å². The van der Waals surface area contributed by atoms with Crippen LogP contribution in [0.5, 0.6) is 0 Å². The van der Waals surface area contributed by atoms with Crippen LogP contribution in [-0.4, -0.2) is 5.11 Å². The van der Waals surface area contributed by atoms with Crippen LogP contribution in [0.3, 0.4) is 0 Å². The van der Waals surface area contributed by atoms with Crippen molar-refractivity contribution in [2.75, 3.05) is 0 Å². The molecule has 3 unspecified atom stereocenters. The predicted octanol–water partition coefficient (Wildman–Crippen LogP) is 5.24. The molecule has 1 nitrogen and oxygen atoms in total. The highest BCUT2D eigenvalue weighted by Gasteiger charge is 2.30. The lowest BCUT2D eigenvalue weighted by molar-refractivity contribution is 0.0452. The van der Waals surface area contributed by atoms with E-state index in [1.54, 1.807) is 12.1 Å². The quantitative estimate of drug-likeness (QED) is 0.805. The average molecular weight is 287 g/mol. The minimum atomic E-state index is -0.412. The number of hydrogen-bond donors (Lipinski definition) is 1. The molecule has 100 valence electrons. The Bertz CT molecular complexity index is 405. The van der Waals surface area contributed by atoms with E-state index in [9.17, 15) is 5.11 Å². The molecular weight excluding hydrogens is 267 g/mol. The van der Waals surface area contributed by atoms with E-state index in [1.165, 1.54) is 19.3 Å². The Balaban J connectivity index is 2.18. The molecule has 0 amide bonds. The Labute approximate surface area is 119 Å². The van der Waals surface area contributed by atoms with Gasteiger partial charge in [0.1, 0.15) is 0 Å². The number of halogens is 2. The van der Waals surface area contributed by atoms with E-state index in [4.69, 9.17) is 23.2 Å². The van der Waals surface area contributed by atoms with Crippen molar-refractivity contribution < 1.29 is 5.11 Å². The van der Waals surface area contributed by atoms with Crippen molar-refractivity contribution in [2.45, 2.75) is 45.1 Å². The molecule has 0 bridgehead atoms. The first-order chi connectivity index (χ1) is 8.63. The summed E-state index contributed by atoms with van der Waals surface area (Å²) >= 11 is 11.9. The first kappa shape index (κ1) is 14.2. The fraction of sp³-hybridized carbons (Fsp3) is 0.600. The summed E-state index contributed by atoms with van der Waals surface area (Å²) in [6, 6.07) is 5.46. The smallest absolute Gasteiger partial charge is 0.0821 e. The molecule has 1 fully saturated rings. The molecule has 0 saturated heterocycles. The summed E-state index contributed by atoms with van der Waals surface area (Å²) in [4.78, 5) is 0. The maximum absolute atomic E-state index is 10.6. The second-order valence-corrected chi connectivity index (χ2v) is 6.05. The number of aliphatic hydroxyl groups is 1. The molecular formula is C15H20Cl2O. The molecule has 1 aromatic carbocycles. The molecule has 1 aliphatic carbocycles. The fourth-order valence-electron chi connectivity index (χ4n) is 3.10. The molecule has 1 aliphatic rings. The summed E-state index contributed by atoms with van der Waals surface area (Å²) in [7, 11) is 0. The van der Waals surface area contributed by atoms with Gasteiger partial charge < -0.3 is 5.11 Å². The molecule has 1 N–H and O–H groups in total. The normalized spacial score (nSPS) is 26.0. The molecule has 0 spiro atoms. The summed E-state index contributed by atoms with van der Waals surface area (Å²) < 4.78 is 0. The minimum absolute atomic E-state index is 0.362. The van der Waals surface area contributed by atoms with E-state index in [2.05, 4.69) is 6.92 Å². The molecule has 0 aliphatic heterocycles.